The average Bonchev–Trinajstić information content (AvgIpc) is 3.09. The molecule has 1 amide bonds. The van der Waals surface area contributed by atoms with Crippen molar-refractivity contribution >= 4 is 28.7 Å². The lowest BCUT2D eigenvalue weighted by Gasteiger charge is -2.35. The molecule has 7 heteroatoms. The van der Waals surface area contributed by atoms with E-state index in [1.807, 2.05) is 21.6 Å². The standard InChI is InChI=1S/C22H25FN4OS/c1-2-18-8-3-4-11-26(18)21(28)14-27-20-13-24-10-9-19(20)25-22(27)29-15-16-6-5-7-17(23)12-16/h5-7,9-10,12-13,18H,2-4,8,11,14-15H2,1H3/t18-/m0/s1. The zero-order chi connectivity index (χ0) is 20.2. The highest BCUT2D eigenvalue weighted by Crippen LogP contribution is 2.28. The Balaban J connectivity index is 1.58. The minimum atomic E-state index is -0.244. The number of carbonyl (C=O) groups is 1. The number of fused-ring (bicyclic) bond motifs is 1. The molecule has 1 atom stereocenters. The predicted molar refractivity (Wildman–Crippen MR) is 113 cm³/mol. The van der Waals surface area contributed by atoms with Crippen LogP contribution in [0, 0.1) is 5.82 Å². The van der Waals surface area contributed by atoms with Gasteiger partial charge in [-0.2, -0.15) is 0 Å². The Hall–Kier alpha value is -2.41. The normalized spacial score (nSPS) is 17.0. The molecule has 0 saturated carbocycles. The third kappa shape index (κ3) is 4.45. The van der Waals surface area contributed by atoms with E-state index in [1.165, 1.54) is 30.3 Å². The first-order valence-corrected chi connectivity index (χ1v) is 11.1. The largest absolute Gasteiger partial charge is 0.338 e. The third-order valence-corrected chi connectivity index (χ3v) is 6.53. The van der Waals surface area contributed by atoms with Gasteiger partial charge in [-0.05, 0) is 49.4 Å². The van der Waals surface area contributed by atoms with Crippen molar-refractivity contribution in [3.05, 3.63) is 54.1 Å². The third-order valence-electron chi connectivity index (χ3n) is 5.48. The molecule has 1 saturated heterocycles. The van der Waals surface area contributed by atoms with Crippen LogP contribution in [0.1, 0.15) is 38.2 Å². The summed E-state index contributed by atoms with van der Waals surface area (Å²) in [6.45, 7) is 3.23. The first-order valence-electron chi connectivity index (χ1n) is 10.1. The molecule has 1 aromatic carbocycles. The summed E-state index contributed by atoms with van der Waals surface area (Å²) in [6.07, 6.45) is 7.79. The summed E-state index contributed by atoms with van der Waals surface area (Å²) in [5.41, 5.74) is 2.56. The van der Waals surface area contributed by atoms with Crippen molar-refractivity contribution < 1.29 is 9.18 Å². The highest BCUT2D eigenvalue weighted by molar-refractivity contribution is 7.98. The van der Waals surface area contributed by atoms with E-state index in [1.54, 1.807) is 18.5 Å². The van der Waals surface area contributed by atoms with Crippen molar-refractivity contribution in [1.82, 2.24) is 19.4 Å². The lowest BCUT2D eigenvalue weighted by atomic mass is 10.00. The maximum atomic E-state index is 13.5. The molecule has 3 aromatic rings. The van der Waals surface area contributed by atoms with Gasteiger partial charge >= 0.3 is 0 Å². The summed E-state index contributed by atoms with van der Waals surface area (Å²) in [6, 6.07) is 8.77. The van der Waals surface area contributed by atoms with Gasteiger partial charge in [-0.25, -0.2) is 9.37 Å². The molecule has 0 radical (unpaired) electrons. The zero-order valence-corrected chi connectivity index (χ0v) is 17.4. The molecule has 2 aromatic heterocycles. The number of amides is 1. The van der Waals surface area contributed by atoms with E-state index in [9.17, 15) is 9.18 Å². The van der Waals surface area contributed by atoms with Crippen LogP contribution in [0.15, 0.2) is 47.9 Å². The minimum Gasteiger partial charge on any atom is -0.338 e. The van der Waals surface area contributed by atoms with Crippen molar-refractivity contribution in [1.29, 1.82) is 0 Å². The fourth-order valence-electron chi connectivity index (χ4n) is 3.96. The van der Waals surface area contributed by atoms with Crippen LogP contribution in [-0.2, 0) is 17.1 Å². The summed E-state index contributed by atoms with van der Waals surface area (Å²) in [5.74, 6) is 0.475. The van der Waals surface area contributed by atoms with E-state index in [2.05, 4.69) is 11.9 Å². The Morgan fingerprint density at radius 1 is 1.31 bits per heavy atom. The van der Waals surface area contributed by atoms with E-state index in [0.717, 1.165) is 47.6 Å². The van der Waals surface area contributed by atoms with Crippen LogP contribution in [0.5, 0.6) is 0 Å². The molecule has 1 fully saturated rings. The molecule has 0 aliphatic carbocycles. The molecular weight excluding hydrogens is 387 g/mol. The van der Waals surface area contributed by atoms with E-state index < -0.39 is 0 Å². The van der Waals surface area contributed by atoms with Crippen molar-refractivity contribution in [2.24, 2.45) is 0 Å². The quantitative estimate of drug-likeness (QED) is 0.553. The summed E-state index contributed by atoms with van der Waals surface area (Å²) in [7, 11) is 0. The van der Waals surface area contributed by atoms with Crippen LogP contribution in [0.4, 0.5) is 4.39 Å². The second kappa shape index (κ2) is 8.95. The molecule has 4 rings (SSSR count). The molecule has 1 aliphatic heterocycles. The summed E-state index contributed by atoms with van der Waals surface area (Å²) < 4.78 is 15.5. The van der Waals surface area contributed by atoms with Crippen LogP contribution in [0.3, 0.4) is 0 Å². The summed E-state index contributed by atoms with van der Waals surface area (Å²) in [5, 5.41) is 0.760. The van der Waals surface area contributed by atoms with Gasteiger partial charge in [0.05, 0.1) is 17.2 Å². The predicted octanol–water partition coefficient (Wildman–Crippen LogP) is 4.65. The van der Waals surface area contributed by atoms with E-state index in [-0.39, 0.29) is 18.3 Å². The van der Waals surface area contributed by atoms with Crippen molar-refractivity contribution in [3.63, 3.8) is 0 Å². The summed E-state index contributed by atoms with van der Waals surface area (Å²) in [4.78, 5) is 24.1. The molecule has 0 spiro atoms. The number of nitrogens with zero attached hydrogens (tertiary/aromatic N) is 4. The monoisotopic (exact) mass is 412 g/mol. The molecule has 0 bridgehead atoms. The van der Waals surface area contributed by atoms with Crippen molar-refractivity contribution in [2.75, 3.05) is 6.54 Å². The van der Waals surface area contributed by atoms with Gasteiger partial charge in [-0.3, -0.25) is 9.78 Å². The molecule has 29 heavy (non-hydrogen) atoms. The molecule has 5 nitrogen and oxygen atoms in total. The SMILES string of the molecule is CC[C@H]1CCCCN1C(=O)Cn1c(SCc2cccc(F)c2)nc2ccncc21. The number of carbonyl (C=O) groups excluding carboxylic acids is 1. The van der Waals surface area contributed by atoms with Crippen LogP contribution < -0.4 is 0 Å². The second-order valence-electron chi connectivity index (χ2n) is 7.41. The number of piperidine rings is 1. The molecule has 1 aliphatic rings. The fourth-order valence-corrected chi connectivity index (χ4v) is 4.92. The van der Waals surface area contributed by atoms with Gasteiger partial charge in [0.1, 0.15) is 12.4 Å². The number of halogens is 1. The lowest BCUT2D eigenvalue weighted by Crippen LogP contribution is -2.44. The van der Waals surface area contributed by atoms with Crippen molar-refractivity contribution in [2.45, 2.75) is 56.1 Å². The molecule has 0 N–H and O–H groups in total. The highest BCUT2D eigenvalue weighted by Gasteiger charge is 2.26. The van der Waals surface area contributed by atoms with Gasteiger partial charge in [0.15, 0.2) is 5.16 Å². The van der Waals surface area contributed by atoms with E-state index in [0.29, 0.717) is 11.8 Å². The molecule has 3 heterocycles. The Labute approximate surface area is 174 Å². The van der Waals surface area contributed by atoms with Crippen LogP contribution in [-0.4, -0.2) is 37.9 Å². The number of pyridine rings is 1. The maximum Gasteiger partial charge on any atom is 0.242 e. The Kier molecular flexibility index (Phi) is 6.13. The highest BCUT2D eigenvalue weighted by atomic mass is 32.2. The molecule has 0 unspecified atom stereocenters. The first kappa shape index (κ1) is 19.9. The van der Waals surface area contributed by atoms with Crippen LogP contribution in [0.2, 0.25) is 0 Å². The number of hydrogen-bond acceptors (Lipinski definition) is 4. The number of thioether (sulfide) groups is 1. The van der Waals surface area contributed by atoms with Gasteiger partial charge in [0.2, 0.25) is 5.91 Å². The Morgan fingerprint density at radius 2 is 2.21 bits per heavy atom. The lowest BCUT2D eigenvalue weighted by molar-refractivity contribution is -0.135. The second-order valence-corrected chi connectivity index (χ2v) is 8.35. The Bertz CT molecular complexity index is 1010. The number of rotatable bonds is 6. The number of hydrogen-bond donors (Lipinski definition) is 0. The first-order chi connectivity index (χ1) is 14.2. The topological polar surface area (TPSA) is 51.0 Å². The van der Waals surface area contributed by atoms with Gasteiger partial charge in [0, 0.05) is 24.5 Å². The number of benzene rings is 1. The number of aromatic nitrogens is 3. The fraction of sp³-hybridized carbons (Fsp3) is 0.409. The van der Waals surface area contributed by atoms with Gasteiger partial charge in [0.25, 0.3) is 0 Å². The van der Waals surface area contributed by atoms with Gasteiger partial charge in [-0.1, -0.05) is 30.8 Å². The molecule has 152 valence electrons. The van der Waals surface area contributed by atoms with Gasteiger partial charge in [-0.15, -0.1) is 0 Å². The minimum absolute atomic E-state index is 0.132. The maximum absolute atomic E-state index is 13.5. The number of imidazole rings is 1. The van der Waals surface area contributed by atoms with Gasteiger partial charge < -0.3 is 9.47 Å². The van der Waals surface area contributed by atoms with E-state index >= 15 is 0 Å². The summed E-state index contributed by atoms with van der Waals surface area (Å²) >= 11 is 1.52. The van der Waals surface area contributed by atoms with E-state index in [4.69, 9.17) is 4.98 Å². The van der Waals surface area contributed by atoms with Crippen LogP contribution >= 0.6 is 11.8 Å². The van der Waals surface area contributed by atoms with Crippen LogP contribution in [0.25, 0.3) is 11.0 Å². The average molecular weight is 413 g/mol. The Morgan fingerprint density at radius 3 is 3.03 bits per heavy atom. The smallest absolute Gasteiger partial charge is 0.242 e. The zero-order valence-electron chi connectivity index (χ0n) is 16.6. The number of likely N-dealkylation sites (tertiary alicyclic amines) is 1. The van der Waals surface area contributed by atoms with Crippen molar-refractivity contribution in [3.8, 4) is 0 Å². The molecular formula is C22H25FN4OS.